The molecule has 0 spiro atoms. The van der Waals surface area contributed by atoms with Crippen LogP contribution in [0.2, 0.25) is 0 Å². The number of carbonyl (C=O) groups is 1. The van der Waals surface area contributed by atoms with E-state index in [0.717, 1.165) is 7.11 Å². The number of hydrogen-bond donors (Lipinski definition) is 0. The number of terminal acetylenes is 1. The highest BCUT2D eigenvalue weighted by Crippen LogP contribution is 2.24. The van der Waals surface area contributed by atoms with Gasteiger partial charge in [-0.3, -0.25) is 4.79 Å². The molecule has 0 amide bonds. The van der Waals surface area contributed by atoms with Gasteiger partial charge in [-0.2, -0.15) is 0 Å². The molecule has 1 rings (SSSR count). The van der Waals surface area contributed by atoms with E-state index >= 15 is 0 Å². The Hall–Kier alpha value is -1.80. The molecule has 5 heteroatoms. The zero-order valence-corrected chi connectivity index (χ0v) is 10.1. The Kier molecular flexibility index (Phi) is 4.30. The zero-order valence-electron chi connectivity index (χ0n) is 9.29. The molecule has 0 fully saturated rings. The van der Waals surface area contributed by atoms with Crippen molar-refractivity contribution in [2.45, 2.75) is 5.25 Å². The van der Waals surface area contributed by atoms with E-state index in [4.69, 9.17) is 6.42 Å². The van der Waals surface area contributed by atoms with Crippen LogP contribution < -0.4 is 0 Å². The minimum absolute atomic E-state index is 0.356. The first-order valence-corrected chi connectivity index (χ1v) is 6.52. The van der Waals surface area contributed by atoms with Crippen LogP contribution in [0.4, 0.5) is 0 Å². The van der Waals surface area contributed by atoms with Gasteiger partial charge in [0, 0.05) is 0 Å². The molecule has 0 radical (unpaired) electrons. The lowest BCUT2D eigenvalue weighted by Crippen LogP contribution is -2.25. The van der Waals surface area contributed by atoms with Crippen LogP contribution >= 0.6 is 0 Å². The van der Waals surface area contributed by atoms with Crippen molar-refractivity contribution in [2.75, 3.05) is 12.9 Å². The summed E-state index contributed by atoms with van der Waals surface area (Å²) in [6, 6.07) is 8.13. The van der Waals surface area contributed by atoms with Crippen LogP contribution in [0.1, 0.15) is 10.8 Å². The summed E-state index contributed by atoms with van der Waals surface area (Å²) in [5, 5.41) is -1.36. The maximum atomic E-state index is 11.9. The first-order valence-electron chi connectivity index (χ1n) is 4.80. The number of hydrogen-bond acceptors (Lipinski definition) is 4. The number of benzene rings is 1. The lowest BCUT2D eigenvalue weighted by molar-refractivity contribution is -0.140. The molecule has 17 heavy (non-hydrogen) atoms. The molecule has 1 unspecified atom stereocenters. The first-order chi connectivity index (χ1) is 8.03. The highest BCUT2D eigenvalue weighted by Gasteiger charge is 2.34. The lowest BCUT2D eigenvalue weighted by Gasteiger charge is -2.14. The monoisotopic (exact) mass is 252 g/mol. The summed E-state index contributed by atoms with van der Waals surface area (Å²) in [6.45, 7) is 0. The van der Waals surface area contributed by atoms with Crippen molar-refractivity contribution in [3.63, 3.8) is 0 Å². The van der Waals surface area contributed by atoms with Gasteiger partial charge >= 0.3 is 5.97 Å². The van der Waals surface area contributed by atoms with Gasteiger partial charge in [-0.25, -0.2) is 8.42 Å². The van der Waals surface area contributed by atoms with Gasteiger partial charge in [0.05, 0.1) is 7.11 Å². The Balaban J connectivity index is 3.25. The van der Waals surface area contributed by atoms with E-state index in [9.17, 15) is 13.2 Å². The first kappa shape index (κ1) is 13.3. The van der Waals surface area contributed by atoms with E-state index < -0.39 is 26.8 Å². The topological polar surface area (TPSA) is 60.4 Å². The predicted molar refractivity (Wildman–Crippen MR) is 63.8 cm³/mol. The van der Waals surface area contributed by atoms with E-state index in [1.807, 2.05) is 5.92 Å². The molecule has 0 bridgehead atoms. The summed E-state index contributed by atoms with van der Waals surface area (Å²) >= 11 is 0. The maximum Gasteiger partial charge on any atom is 0.328 e. The quantitative estimate of drug-likeness (QED) is 0.591. The van der Waals surface area contributed by atoms with Crippen molar-refractivity contribution in [2.24, 2.45) is 0 Å². The number of sulfone groups is 1. The average Bonchev–Trinajstić information content (AvgIpc) is 2.30. The molecule has 0 aliphatic rings. The van der Waals surface area contributed by atoms with Crippen LogP contribution in [-0.4, -0.2) is 27.2 Å². The maximum absolute atomic E-state index is 11.9. The highest BCUT2D eigenvalue weighted by molar-refractivity contribution is 7.92. The van der Waals surface area contributed by atoms with Crippen molar-refractivity contribution in [3.8, 4) is 12.3 Å². The average molecular weight is 252 g/mol. The molecule has 0 aliphatic carbocycles. The smallest absolute Gasteiger partial charge is 0.328 e. The molecule has 1 atom stereocenters. The van der Waals surface area contributed by atoms with Crippen molar-refractivity contribution >= 4 is 15.8 Å². The molecule has 1 aromatic carbocycles. The van der Waals surface area contributed by atoms with Crippen LogP contribution in [0.15, 0.2) is 30.3 Å². The van der Waals surface area contributed by atoms with Crippen molar-refractivity contribution in [3.05, 3.63) is 35.9 Å². The Bertz CT molecular complexity index is 525. The van der Waals surface area contributed by atoms with E-state index in [1.165, 1.54) is 0 Å². The van der Waals surface area contributed by atoms with Gasteiger partial charge < -0.3 is 4.74 Å². The lowest BCUT2D eigenvalue weighted by atomic mass is 10.1. The normalized spacial score (nSPS) is 12.5. The largest absolute Gasteiger partial charge is 0.468 e. The molecule has 0 saturated heterocycles. The predicted octanol–water partition coefficient (Wildman–Crippen LogP) is 0.949. The zero-order chi connectivity index (χ0) is 12.9. The van der Waals surface area contributed by atoms with Gasteiger partial charge in [0.1, 0.15) is 5.75 Å². The van der Waals surface area contributed by atoms with Gasteiger partial charge in [0.2, 0.25) is 0 Å². The summed E-state index contributed by atoms with van der Waals surface area (Å²) in [5.74, 6) is 0.716. The number of carbonyl (C=O) groups excluding carboxylic acids is 1. The number of ether oxygens (including phenoxy) is 1. The van der Waals surface area contributed by atoms with Crippen LogP contribution in [-0.2, 0) is 19.4 Å². The Morgan fingerprint density at radius 2 is 2.00 bits per heavy atom. The Morgan fingerprint density at radius 3 is 2.47 bits per heavy atom. The molecule has 4 nitrogen and oxygen atoms in total. The SMILES string of the molecule is C#CCS(=O)(=O)C(C(=O)OC)c1ccccc1. The summed E-state index contributed by atoms with van der Waals surface area (Å²) in [6.07, 6.45) is 4.99. The van der Waals surface area contributed by atoms with Crippen LogP contribution in [0.5, 0.6) is 0 Å². The second-order valence-electron chi connectivity index (χ2n) is 3.33. The summed E-state index contributed by atoms with van der Waals surface area (Å²) in [5.41, 5.74) is 0.356. The standard InChI is InChI=1S/C12H12O4S/c1-3-9-17(14,15)11(12(13)16-2)10-7-5-4-6-8-10/h1,4-8,11H,9H2,2H3. The molecular formula is C12H12O4S. The Morgan fingerprint density at radius 1 is 1.41 bits per heavy atom. The van der Waals surface area contributed by atoms with Crippen molar-refractivity contribution in [1.82, 2.24) is 0 Å². The molecule has 0 aromatic heterocycles. The van der Waals surface area contributed by atoms with Gasteiger partial charge in [0.15, 0.2) is 15.1 Å². The second-order valence-corrected chi connectivity index (χ2v) is 5.41. The highest BCUT2D eigenvalue weighted by atomic mass is 32.2. The number of methoxy groups -OCH3 is 1. The number of esters is 1. The minimum Gasteiger partial charge on any atom is -0.468 e. The second kappa shape index (κ2) is 5.51. The minimum atomic E-state index is -3.75. The molecule has 90 valence electrons. The van der Waals surface area contributed by atoms with Crippen molar-refractivity contribution < 1.29 is 17.9 Å². The molecule has 0 aliphatic heterocycles. The third-order valence-electron chi connectivity index (χ3n) is 2.16. The summed E-state index contributed by atoms with van der Waals surface area (Å²) in [4.78, 5) is 11.6. The number of rotatable bonds is 4. The third-order valence-corrected chi connectivity index (χ3v) is 3.91. The fourth-order valence-corrected chi connectivity index (χ4v) is 2.78. The van der Waals surface area contributed by atoms with E-state index in [-0.39, 0.29) is 0 Å². The molecule has 1 aromatic rings. The van der Waals surface area contributed by atoms with E-state index in [1.54, 1.807) is 30.3 Å². The van der Waals surface area contributed by atoms with E-state index in [2.05, 4.69) is 4.74 Å². The molecule has 0 heterocycles. The van der Waals surface area contributed by atoms with Gasteiger partial charge in [0.25, 0.3) is 0 Å². The van der Waals surface area contributed by atoms with Crippen LogP contribution in [0.25, 0.3) is 0 Å². The summed E-state index contributed by atoms with van der Waals surface area (Å²) in [7, 11) is -2.60. The Labute approximate surface area is 101 Å². The summed E-state index contributed by atoms with van der Waals surface area (Å²) < 4.78 is 28.3. The van der Waals surface area contributed by atoms with Gasteiger partial charge in [-0.1, -0.05) is 36.3 Å². The third kappa shape index (κ3) is 3.08. The molecule has 0 N–H and O–H groups in total. The van der Waals surface area contributed by atoms with Gasteiger partial charge in [-0.05, 0) is 5.56 Å². The molecule has 0 saturated carbocycles. The fraction of sp³-hybridized carbons (Fsp3) is 0.250. The van der Waals surface area contributed by atoms with E-state index in [0.29, 0.717) is 5.56 Å². The molecular weight excluding hydrogens is 240 g/mol. The van der Waals surface area contributed by atoms with Crippen LogP contribution in [0.3, 0.4) is 0 Å². The fourth-order valence-electron chi connectivity index (χ4n) is 1.42. The van der Waals surface area contributed by atoms with Crippen molar-refractivity contribution in [1.29, 1.82) is 0 Å². The van der Waals surface area contributed by atoms with Crippen LogP contribution in [0, 0.1) is 12.3 Å². The van der Waals surface area contributed by atoms with Gasteiger partial charge in [-0.15, -0.1) is 6.42 Å².